The zero-order valence-electron chi connectivity index (χ0n) is 10.5. The molecular weight excluding hydrogens is 288 g/mol. The molecule has 1 aromatic heterocycles. The number of benzene rings is 1. The summed E-state index contributed by atoms with van der Waals surface area (Å²) in [4.78, 5) is 3.49. The molecule has 0 aliphatic carbocycles. The molecule has 2 nitrogen and oxygen atoms in total. The summed E-state index contributed by atoms with van der Waals surface area (Å²) in [5, 5.41) is 4.50. The zero-order chi connectivity index (χ0) is 13.0. The van der Waals surface area contributed by atoms with Crippen LogP contribution < -0.4 is 5.32 Å². The Balaban J connectivity index is 2.44. The second-order valence-electron chi connectivity index (χ2n) is 4.33. The minimum absolute atomic E-state index is 0.778. The van der Waals surface area contributed by atoms with Crippen molar-refractivity contribution in [3.63, 3.8) is 0 Å². The van der Waals surface area contributed by atoms with Gasteiger partial charge < -0.3 is 10.3 Å². The number of fused-ring (bicyclic) bond motifs is 1. The van der Waals surface area contributed by atoms with E-state index in [2.05, 4.69) is 50.4 Å². The monoisotopic (exact) mass is 304 g/mol. The van der Waals surface area contributed by atoms with Crippen LogP contribution in [0, 0.1) is 12.3 Å². The van der Waals surface area contributed by atoms with E-state index in [1.54, 1.807) is 0 Å². The standard InChI is InChI=1S/C15H17BrN2/c1-3-4-5-14-12(8-9-17-2)13-10-11(16)6-7-15(13)18-14/h1,6-7,10,17-18H,4-5,8-9H2,2H3. The molecule has 0 saturated heterocycles. The van der Waals surface area contributed by atoms with Crippen molar-refractivity contribution >= 4 is 26.8 Å². The smallest absolute Gasteiger partial charge is 0.0459 e. The van der Waals surface area contributed by atoms with Crippen LogP contribution in [0.1, 0.15) is 17.7 Å². The Morgan fingerprint density at radius 1 is 1.39 bits per heavy atom. The third-order valence-corrected chi connectivity index (χ3v) is 3.59. The van der Waals surface area contributed by atoms with Gasteiger partial charge in [0.1, 0.15) is 0 Å². The van der Waals surface area contributed by atoms with E-state index in [0.29, 0.717) is 0 Å². The second-order valence-corrected chi connectivity index (χ2v) is 5.25. The third kappa shape index (κ3) is 2.77. The Labute approximate surface area is 116 Å². The molecule has 2 N–H and O–H groups in total. The fourth-order valence-electron chi connectivity index (χ4n) is 2.22. The van der Waals surface area contributed by atoms with Gasteiger partial charge in [0.15, 0.2) is 0 Å². The first kappa shape index (κ1) is 13.2. The Morgan fingerprint density at radius 3 is 2.94 bits per heavy atom. The number of terminal acetylenes is 1. The Bertz CT molecular complexity index is 578. The summed E-state index contributed by atoms with van der Waals surface area (Å²) >= 11 is 3.53. The predicted molar refractivity (Wildman–Crippen MR) is 80.8 cm³/mol. The summed E-state index contributed by atoms with van der Waals surface area (Å²) < 4.78 is 1.11. The van der Waals surface area contributed by atoms with E-state index in [0.717, 1.165) is 30.3 Å². The van der Waals surface area contributed by atoms with Crippen LogP contribution in [-0.2, 0) is 12.8 Å². The lowest BCUT2D eigenvalue weighted by Crippen LogP contribution is -2.11. The van der Waals surface area contributed by atoms with Crippen LogP contribution in [0.15, 0.2) is 22.7 Å². The highest BCUT2D eigenvalue weighted by Gasteiger charge is 2.10. The van der Waals surface area contributed by atoms with Crippen molar-refractivity contribution in [1.82, 2.24) is 10.3 Å². The molecule has 0 unspecified atom stereocenters. The molecule has 0 fully saturated rings. The van der Waals surface area contributed by atoms with Crippen molar-refractivity contribution in [2.24, 2.45) is 0 Å². The number of hydrogen-bond donors (Lipinski definition) is 2. The van der Waals surface area contributed by atoms with Gasteiger partial charge in [0, 0.05) is 27.5 Å². The molecule has 1 aromatic carbocycles. The van der Waals surface area contributed by atoms with Gasteiger partial charge in [0.05, 0.1) is 0 Å². The van der Waals surface area contributed by atoms with E-state index in [9.17, 15) is 0 Å². The highest BCUT2D eigenvalue weighted by atomic mass is 79.9. The van der Waals surface area contributed by atoms with Crippen molar-refractivity contribution in [3.8, 4) is 12.3 Å². The zero-order valence-corrected chi connectivity index (χ0v) is 12.1. The van der Waals surface area contributed by atoms with Crippen LogP contribution >= 0.6 is 15.9 Å². The van der Waals surface area contributed by atoms with Crippen molar-refractivity contribution < 1.29 is 0 Å². The predicted octanol–water partition coefficient (Wildman–Crippen LogP) is 3.26. The molecule has 0 atom stereocenters. The van der Waals surface area contributed by atoms with Crippen LogP contribution in [0.3, 0.4) is 0 Å². The largest absolute Gasteiger partial charge is 0.358 e. The van der Waals surface area contributed by atoms with E-state index in [-0.39, 0.29) is 0 Å². The van der Waals surface area contributed by atoms with Gasteiger partial charge >= 0.3 is 0 Å². The number of likely N-dealkylation sites (N-methyl/N-ethyl adjacent to an activating group) is 1. The highest BCUT2D eigenvalue weighted by Crippen LogP contribution is 2.27. The molecule has 0 spiro atoms. The van der Waals surface area contributed by atoms with Crippen molar-refractivity contribution in [2.45, 2.75) is 19.3 Å². The minimum atomic E-state index is 0.778. The van der Waals surface area contributed by atoms with Crippen LogP contribution in [0.2, 0.25) is 0 Å². The maximum Gasteiger partial charge on any atom is 0.0459 e. The number of rotatable bonds is 5. The fraction of sp³-hybridized carbons (Fsp3) is 0.333. The summed E-state index contributed by atoms with van der Waals surface area (Å²) in [6.45, 7) is 0.975. The average molecular weight is 305 g/mol. The molecule has 2 rings (SSSR count). The average Bonchev–Trinajstić information content (AvgIpc) is 2.71. The van der Waals surface area contributed by atoms with E-state index < -0.39 is 0 Å². The summed E-state index contributed by atoms with van der Waals surface area (Å²) in [6, 6.07) is 6.35. The molecule has 1 heterocycles. The van der Waals surface area contributed by atoms with Crippen molar-refractivity contribution in [1.29, 1.82) is 0 Å². The molecule has 3 heteroatoms. The van der Waals surface area contributed by atoms with E-state index in [1.807, 2.05) is 7.05 Å². The second kappa shape index (κ2) is 6.08. The van der Waals surface area contributed by atoms with Gasteiger partial charge in [-0.05, 0) is 50.2 Å². The van der Waals surface area contributed by atoms with Gasteiger partial charge in [-0.3, -0.25) is 0 Å². The van der Waals surface area contributed by atoms with Crippen molar-refractivity contribution in [2.75, 3.05) is 13.6 Å². The number of nitrogens with one attached hydrogen (secondary N) is 2. The Morgan fingerprint density at radius 2 is 2.22 bits per heavy atom. The van der Waals surface area contributed by atoms with Gasteiger partial charge in [0.2, 0.25) is 0 Å². The third-order valence-electron chi connectivity index (χ3n) is 3.10. The first-order chi connectivity index (χ1) is 8.76. The number of halogens is 1. The van der Waals surface area contributed by atoms with Crippen molar-refractivity contribution in [3.05, 3.63) is 33.9 Å². The topological polar surface area (TPSA) is 27.8 Å². The van der Waals surface area contributed by atoms with Gasteiger partial charge in [0.25, 0.3) is 0 Å². The molecule has 0 aliphatic rings. The van der Waals surface area contributed by atoms with E-state index >= 15 is 0 Å². The molecule has 2 aromatic rings. The summed E-state index contributed by atoms with van der Waals surface area (Å²) in [5.41, 5.74) is 3.85. The molecule has 18 heavy (non-hydrogen) atoms. The quantitative estimate of drug-likeness (QED) is 0.815. The lowest BCUT2D eigenvalue weighted by atomic mass is 10.0. The number of aromatic amines is 1. The first-order valence-corrected chi connectivity index (χ1v) is 6.92. The number of aromatic nitrogens is 1. The first-order valence-electron chi connectivity index (χ1n) is 6.13. The molecule has 0 saturated carbocycles. The Hall–Kier alpha value is -1.24. The van der Waals surface area contributed by atoms with Crippen LogP contribution in [0.5, 0.6) is 0 Å². The lowest BCUT2D eigenvalue weighted by molar-refractivity contribution is 0.785. The van der Waals surface area contributed by atoms with Gasteiger partial charge in [-0.15, -0.1) is 12.3 Å². The normalized spacial score (nSPS) is 10.7. The van der Waals surface area contributed by atoms with Crippen LogP contribution in [0.25, 0.3) is 10.9 Å². The fourth-order valence-corrected chi connectivity index (χ4v) is 2.58. The van der Waals surface area contributed by atoms with Crippen LogP contribution in [0.4, 0.5) is 0 Å². The molecule has 0 aliphatic heterocycles. The molecule has 0 amide bonds. The molecule has 0 bridgehead atoms. The number of hydrogen-bond acceptors (Lipinski definition) is 1. The van der Waals surface area contributed by atoms with E-state index in [4.69, 9.17) is 6.42 Å². The molecule has 94 valence electrons. The maximum absolute atomic E-state index is 5.36. The number of H-pyrrole nitrogens is 1. The Kier molecular flexibility index (Phi) is 4.46. The van der Waals surface area contributed by atoms with Crippen LogP contribution in [-0.4, -0.2) is 18.6 Å². The summed E-state index contributed by atoms with van der Waals surface area (Å²) in [5.74, 6) is 2.71. The van der Waals surface area contributed by atoms with Gasteiger partial charge in [-0.2, -0.15) is 0 Å². The molecular formula is C15H17BrN2. The molecule has 0 radical (unpaired) electrons. The van der Waals surface area contributed by atoms with E-state index in [1.165, 1.54) is 22.2 Å². The number of aryl methyl sites for hydroxylation is 1. The summed E-state index contributed by atoms with van der Waals surface area (Å²) in [7, 11) is 1.98. The maximum atomic E-state index is 5.36. The minimum Gasteiger partial charge on any atom is -0.358 e. The summed E-state index contributed by atoms with van der Waals surface area (Å²) in [6.07, 6.45) is 8.08. The highest BCUT2D eigenvalue weighted by molar-refractivity contribution is 9.10. The van der Waals surface area contributed by atoms with Gasteiger partial charge in [-0.25, -0.2) is 0 Å². The van der Waals surface area contributed by atoms with Gasteiger partial charge in [-0.1, -0.05) is 15.9 Å². The SMILES string of the molecule is C#CCCc1[nH]c2ccc(Br)cc2c1CCNC. The lowest BCUT2D eigenvalue weighted by Gasteiger charge is -2.03.